The highest BCUT2D eigenvalue weighted by molar-refractivity contribution is 6.04. The molecule has 0 unspecified atom stereocenters. The first-order chi connectivity index (χ1) is 19.5. The fraction of sp³-hybridized carbons (Fsp3) is 0.111. The second-order valence-corrected chi connectivity index (χ2v) is 10.7. The molecule has 3 aromatic carbocycles. The van der Waals surface area contributed by atoms with Gasteiger partial charge in [0.05, 0.1) is 22.4 Å². The summed E-state index contributed by atoms with van der Waals surface area (Å²) >= 11 is 0. The first-order valence-electron chi connectivity index (χ1n) is 13.6. The lowest BCUT2D eigenvalue weighted by atomic mass is 9.95. The minimum atomic E-state index is 0.245. The molecule has 0 atom stereocenters. The maximum Gasteiger partial charge on any atom is 0.132 e. The molecule has 0 amide bonds. The number of benzene rings is 3. The van der Waals surface area contributed by atoms with Gasteiger partial charge in [-0.05, 0) is 85.4 Å². The third kappa shape index (κ3) is 4.00. The molecule has 194 valence electrons. The number of aromatic nitrogens is 2. The number of allylic oxidation sites excluding steroid dienone is 8. The van der Waals surface area contributed by atoms with Crippen molar-refractivity contribution in [3.63, 3.8) is 0 Å². The van der Waals surface area contributed by atoms with Crippen LogP contribution in [0.25, 0.3) is 55.5 Å². The maximum absolute atomic E-state index is 11.3. The quantitative estimate of drug-likeness (QED) is 0.232. The number of hydrogen-bond donors (Lipinski definition) is 2. The highest BCUT2D eigenvalue weighted by atomic mass is 16.3. The average molecular weight is 521 g/mol. The molecule has 7 rings (SSSR count). The van der Waals surface area contributed by atoms with Gasteiger partial charge >= 0.3 is 0 Å². The number of aryl methyl sites for hydroxylation is 2. The minimum Gasteiger partial charge on any atom is -0.507 e. The van der Waals surface area contributed by atoms with E-state index in [1.165, 1.54) is 0 Å². The Bertz CT molecular complexity index is 1850. The van der Waals surface area contributed by atoms with Crippen molar-refractivity contribution in [3.05, 3.63) is 119 Å². The Hall–Kier alpha value is -4.96. The number of phenols is 2. The number of hydrogen-bond acceptors (Lipinski definition) is 4. The molecule has 0 aliphatic heterocycles. The summed E-state index contributed by atoms with van der Waals surface area (Å²) in [7, 11) is 0. The Morgan fingerprint density at radius 2 is 0.950 bits per heavy atom. The fourth-order valence-electron chi connectivity index (χ4n) is 5.80. The van der Waals surface area contributed by atoms with Crippen LogP contribution in [0.4, 0.5) is 0 Å². The molecule has 2 aliphatic carbocycles. The summed E-state index contributed by atoms with van der Waals surface area (Å²) in [6.45, 7) is 4.08. The summed E-state index contributed by atoms with van der Waals surface area (Å²) in [5.74, 6) is 0.489. The summed E-state index contributed by atoms with van der Waals surface area (Å²) in [5.41, 5.74) is 10.3. The van der Waals surface area contributed by atoms with Crippen molar-refractivity contribution < 1.29 is 10.2 Å². The fourth-order valence-corrected chi connectivity index (χ4v) is 5.80. The van der Waals surface area contributed by atoms with E-state index in [1.807, 2.05) is 86.7 Å². The van der Waals surface area contributed by atoms with Gasteiger partial charge in [0, 0.05) is 33.0 Å². The van der Waals surface area contributed by atoms with E-state index >= 15 is 0 Å². The summed E-state index contributed by atoms with van der Waals surface area (Å²) in [6.07, 6.45) is 14.0. The van der Waals surface area contributed by atoms with E-state index in [9.17, 15) is 10.2 Å². The molecular weight excluding hydrogens is 492 g/mol. The molecule has 0 saturated carbocycles. The van der Waals surface area contributed by atoms with Gasteiger partial charge in [-0.15, -0.1) is 0 Å². The van der Waals surface area contributed by atoms with E-state index in [-0.39, 0.29) is 11.5 Å². The van der Waals surface area contributed by atoms with Crippen LogP contribution in [-0.2, 0) is 0 Å². The normalized spacial score (nSPS) is 14.3. The van der Waals surface area contributed by atoms with Crippen molar-refractivity contribution in [2.45, 2.75) is 26.7 Å². The predicted octanol–water partition coefficient (Wildman–Crippen LogP) is 8.83. The molecule has 0 radical (unpaired) electrons. The van der Waals surface area contributed by atoms with Crippen LogP contribution in [-0.4, -0.2) is 20.2 Å². The van der Waals surface area contributed by atoms with Gasteiger partial charge in [-0.2, -0.15) is 0 Å². The van der Waals surface area contributed by atoms with Crippen LogP contribution in [0.15, 0.2) is 97.1 Å². The van der Waals surface area contributed by atoms with Crippen molar-refractivity contribution in [1.29, 1.82) is 0 Å². The predicted molar refractivity (Wildman–Crippen MR) is 164 cm³/mol. The molecule has 40 heavy (non-hydrogen) atoms. The zero-order valence-electron chi connectivity index (χ0n) is 22.4. The molecule has 0 fully saturated rings. The highest BCUT2D eigenvalue weighted by Crippen LogP contribution is 2.41. The van der Waals surface area contributed by atoms with Crippen molar-refractivity contribution >= 4 is 33.0 Å². The molecule has 5 aromatic rings. The second kappa shape index (κ2) is 9.35. The standard InChI is InChI=1S/C36H28N2O2/c1-21-17-27(23-7-3-4-8-23)35(39)29(19-21)31-15-13-25-11-12-26-14-16-32(38-34(26)33(25)37-31)30-20-22(2)18-28(36(30)40)24-9-5-6-10-24/h3-7,9,11-20,39-40H,8,10H2,1-2H3. The lowest BCUT2D eigenvalue weighted by Crippen LogP contribution is -1.94. The van der Waals surface area contributed by atoms with E-state index in [4.69, 9.17) is 9.97 Å². The van der Waals surface area contributed by atoms with E-state index < -0.39 is 0 Å². The van der Waals surface area contributed by atoms with E-state index in [0.29, 0.717) is 22.5 Å². The maximum atomic E-state index is 11.3. The lowest BCUT2D eigenvalue weighted by Gasteiger charge is -2.14. The van der Waals surface area contributed by atoms with Crippen molar-refractivity contribution in [2.75, 3.05) is 0 Å². The number of fused-ring (bicyclic) bond motifs is 3. The summed E-state index contributed by atoms with van der Waals surface area (Å²) in [6, 6.07) is 20.1. The molecule has 4 heteroatoms. The Balaban J connectivity index is 1.40. The molecular formula is C36H28N2O2. The zero-order chi connectivity index (χ0) is 27.4. The Morgan fingerprint density at radius 3 is 1.35 bits per heavy atom. The number of nitrogens with zero attached hydrogens (tertiary/aromatic N) is 2. The summed E-state index contributed by atoms with van der Waals surface area (Å²) < 4.78 is 0. The third-order valence-corrected chi connectivity index (χ3v) is 7.81. The van der Waals surface area contributed by atoms with Gasteiger partial charge in [-0.1, -0.05) is 60.7 Å². The monoisotopic (exact) mass is 520 g/mol. The lowest BCUT2D eigenvalue weighted by molar-refractivity contribution is 0.474. The minimum absolute atomic E-state index is 0.245. The van der Waals surface area contributed by atoms with Gasteiger partial charge in [-0.25, -0.2) is 9.97 Å². The van der Waals surface area contributed by atoms with Gasteiger partial charge in [0.2, 0.25) is 0 Å². The van der Waals surface area contributed by atoms with Crippen molar-refractivity contribution in [3.8, 4) is 34.0 Å². The van der Waals surface area contributed by atoms with Crippen LogP contribution in [0.3, 0.4) is 0 Å². The smallest absolute Gasteiger partial charge is 0.132 e. The zero-order valence-corrected chi connectivity index (χ0v) is 22.4. The number of phenolic OH excluding ortho intramolecular Hbond substituents is 2. The van der Waals surface area contributed by atoms with Gasteiger partial charge in [0.25, 0.3) is 0 Å². The van der Waals surface area contributed by atoms with E-state index in [2.05, 4.69) is 24.3 Å². The number of rotatable bonds is 4. The Morgan fingerprint density at radius 1 is 0.550 bits per heavy atom. The SMILES string of the molecule is Cc1cc(C2=CC=CC2)c(O)c(-c2ccc3ccc4ccc(-c5cc(C)cc(C6=CC=CC6)c5O)nc4c3n2)c1. The molecule has 0 saturated heterocycles. The Labute approximate surface area is 233 Å². The first-order valence-corrected chi connectivity index (χ1v) is 13.6. The van der Waals surface area contributed by atoms with Gasteiger partial charge in [-0.3, -0.25) is 0 Å². The van der Waals surface area contributed by atoms with Gasteiger partial charge < -0.3 is 10.2 Å². The first kappa shape index (κ1) is 24.1. The number of aromatic hydroxyl groups is 2. The molecule has 2 N–H and O–H groups in total. The van der Waals surface area contributed by atoms with E-state index in [1.54, 1.807) is 0 Å². The second-order valence-electron chi connectivity index (χ2n) is 10.7. The molecule has 0 spiro atoms. The van der Waals surface area contributed by atoms with Crippen LogP contribution < -0.4 is 0 Å². The average Bonchev–Trinajstić information content (AvgIpc) is 3.70. The molecule has 2 aliphatic rings. The summed E-state index contributed by atoms with van der Waals surface area (Å²) in [5, 5.41) is 24.6. The van der Waals surface area contributed by atoms with Crippen LogP contribution >= 0.6 is 0 Å². The van der Waals surface area contributed by atoms with E-state index in [0.717, 1.165) is 68.0 Å². The highest BCUT2D eigenvalue weighted by Gasteiger charge is 2.18. The van der Waals surface area contributed by atoms with Crippen molar-refractivity contribution in [1.82, 2.24) is 9.97 Å². The van der Waals surface area contributed by atoms with Gasteiger partial charge in [0.1, 0.15) is 11.5 Å². The topological polar surface area (TPSA) is 66.2 Å². The van der Waals surface area contributed by atoms with Crippen LogP contribution in [0.5, 0.6) is 11.5 Å². The Kier molecular flexibility index (Phi) is 5.64. The van der Waals surface area contributed by atoms with Crippen molar-refractivity contribution in [2.24, 2.45) is 0 Å². The van der Waals surface area contributed by atoms with Crippen LogP contribution in [0, 0.1) is 13.8 Å². The molecule has 0 bridgehead atoms. The van der Waals surface area contributed by atoms with Crippen LogP contribution in [0.1, 0.15) is 35.1 Å². The molecule has 2 heterocycles. The van der Waals surface area contributed by atoms with Crippen LogP contribution in [0.2, 0.25) is 0 Å². The molecule has 2 aromatic heterocycles. The largest absolute Gasteiger partial charge is 0.507 e. The van der Waals surface area contributed by atoms with Gasteiger partial charge in [0.15, 0.2) is 0 Å². The third-order valence-electron chi connectivity index (χ3n) is 7.81. The molecule has 4 nitrogen and oxygen atoms in total. The number of pyridine rings is 2. The summed E-state index contributed by atoms with van der Waals surface area (Å²) in [4.78, 5) is 10.1.